The molecule has 0 saturated carbocycles. The summed E-state index contributed by atoms with van der Waals surface area (Å²) >= 11 is 3.49. The van der Waals surface area contributed by atoms with Crippen LogP contribution in [0.5, 0.6) is 0 Å². The number of anilines is 1. The first-order chi connectivity index (χ1) is 6.58. The second-order valence-corrected chi connectivity index (χ2v) is 5.04. The van der Waals surface area contributed by atoms with Crippen molar-refractivity contribution in [3.05, 3.63) is 28.2 Å². The van der Waals surface area contributed by atoms with Gasteiger partial charge in [-0.25, -0.2) is 0 Å². The largest absolute Gasteiger partial charge is 0.385 e. The Labute approximate surface area is 95.0 Å². The molecule has 0 heterocycles. The molecule has 0 aliphatic rings. The summed E-state index contributed by atoms with van der Waals surface area (Å²) in [7, 11) is 0. The molecule has 1 N–H and O–H groups in total. The Bertz CT molecular complexity index is 274. The van der Waals surface area contributed by atoms with Gasteiger partial charge in [0.15, 0.2) is 0 Å². The average Bonchev–Trinajstić information content (AvgIpc) is 2.01. The van der Waals surface area contributed by atoms with Gasteiger partial charge in [-0.15, -0.1) is 0 Å². The molecule has 1 rings (SSSR count). The third-order valence-corrected chi connectivity index (χ3v) is 2.55. The van der Waals surface area contributed by atoms with Crippen molar-refractivity contribution in [2.24, 2.45) is 5.92 Å². The zero-order chi connectivity index (χ0) is 10.6. The minimum Gasteiger partial charge on any atom is -0.385 e. The van der Waals surface area contributed by atoms with Crippen molar-refractivity contribution in [2.45, 2.75) is 27.2 Å². The van der Waals surface area contributed by atoms with Crippen molar-refractivity contribution in [3.63, 3.8) is 0 Å². The number of rotatable bonds is 4. The van der Waals surface area contributed by atoms with Crippen LogP contribution in [0.3, 0.4) is 0 Å². The van der Waals surface area contributed by atoms with Crippen LogP contribution in [-0.4, -0.2) is 6.54 Å². The van der Waals surface area contributed by atoms with E-state index in [1.807, 2.05) is 0 Å². The highest BCUT2D eigenvalue weighted by atomic mass is 79.9. The van der Waals surface area contributed by atoms with Crippen molar-refractivity contribution < 1.29 is 0 Å². The van der Waals surface area contributed by atoms with Gasteiger partial charge in [0.25, 0.3) is 0 Å². The van der Waals surface area contributed by atoms with Gasteiger partial charge in [0, 0.05) is 16.7 Å². The van der Waals surface area contributed by atoms with E-state index < -0.39 is 0 Å². The Morgan fingerprint density at radius 1 is 1.29 bits per heavy atom. The predicted molar refractivity (Wildman–Crippen MR) is 66.8 cm³/mol. The molecular formula is C12H18BrN. The summed E-state index contributed by atoms with van der Waals surface area (Å²) in [5.41, 5.74) is 2.49. The summed E-state index contributed by atoms with van der Waals surface area (Å²) in [6, 6.07) is 6.41. The molecule has 0 aromatic heterocycles. The normalized spacial score (nSPS) is 10.6. The van der Waals surface area contributed by atoms with Crippen molar-refractivity contribution in [1.82, 2.24) is 0 Å². The molecule has 78 valence electrons. The first-order valence-electron chi connectivity index (χ1n) is 5.09. The van der Waals surface area contributed by atoms with Crippen molar-refractivity contribution in [3.8, 4) is 0 Å². The van der Waals surface area contributed by atoms with E-state index in [0.29, 0.717) is 0 Å². The van der Waals surface area contributed by atoms with Crippen molar-refractivity contribution in [2.75, 3.05) is 11.9 Å². The average molecular weight is 256 g/mol. The number of hydrogen-bond acceptors (Lipinski definition) is 1. The Balaban J connectivity index is 2.50. The van der Waals surface area contributed by atoms with Gasteiger partial charge >= 0.3 is 0 Å². The van der Waals surface area contributed by atoms with Crippen LogP contribution in [0.25, 0.3) is 0 Å². The lowest BCUT2D eigenvalue weighted by atomic mass is 10.1. The van der Waals surface area contributed by atoms with Crippen molar-refractivity contribution in [1.29, 1.82) is 0 Å². The highest BCUT2D eigenvalue weighted by Crippen LogP contribution is 2.19. The molecule has 2 heteroatoms. The second-order valence-electron chi connectivity index (χ2n) is 4.13. The van der Waals surface area contributed by atoms with Gasteiger partial charge in [-0.3, -0.25) is 0 Å². The number of aryl methyl sites for hydroxylation is 1. The number of hydrogen-bond donors (Lipinski definition) is 1. The molecule has 0 aliphatic heterocycles. The van der Waals surface area contributed by atoms with E-state index in [9.17, 15) is 0 Å². The van der Waals surface area contributed by atoms with E-state index in [2.05, 4.69) is 60.2 Å². The van der Waals surface area contributed by atoms with Gasteiger partial charge in [0.2, 0.25) is 0 Å². The summed E-state index contributed by atoms with van der Waals surface area (Å²) in [6.07, 6.45) is 1.21. The maximum atomic E-state index is 3.49. The van der Waals surface area contributed by atoms with Gasteiger partial charge < -0.3 is 5.32 Å². The Morgan fingerprint density at radius 2 is 2.00 bits per heavy atom. The molecule has 0 unspecified atom stereocenters. The first-order valence-corrected chi connectivity index (χ1v) is 5.88. The predicted octanol–water partition coefficient (Wildman–Crippen LogP) is 4.22. The lowest BCUT2D eigenvalue weighted by molar-refractivity contribution is 0.607. The molecule has 0 atom stereocenters. The van der Waals surface area contributed by atoms with Crippen LogP contribution in [0.4, 0.5) is 5.69 Å². The topological polar surface area (TPSA) is 12.0 Å². The molecule has 14 heavy (non-hydrogen) atoms. The monoisotopic (exact) mass is 255 g/mol. The van der Waals surface area contributed by atoms with Crippen molar-refractivity contribution >= 4 is 21.6 Å². The van der Waals surface area contributed by atoms with Crippen LogP contribution >= 0.6 is 15.9 Å². The van der Waals surface area contributed by atoms with Crippen LogP contribution in [0.2, 0.25) is 0 Å². The van der Waals surface area contributed by atoms with Crippen LogP contribution in [0.15, 0.2) is 22.7 Å². The zero-order valence-electron chi connectivity index (χ0n) is 9.10. The van der Waals surface area contributed by atoms with Crippen LogP contribution in [0, 0.1) is 12.8 Å². The lowest BCUT2D eigenvalue weighted by Crippen LogP contribution is -2.04. The van der Waals surface area contributed by atoms with Crippen LogP contribution < -0.4 is 5.32 Å². The fraction of sp³-hybridized carbons (Fsp3) is 0.500. The maximum absolute atomic E-state index is 3.49. The fourth-order valence-electron chi connectivity index (χ4n) is 1.34. The zero-order valence-corrected chi connectivity index (χ0v) is 10.7. The third-order valence-electron chi connectivity index (χ3n) is 2.09. The standard InChI is InChI=1S/C12H18BrN/c1-9(2)4-5-14-12-7-10(3)6-11(13)8-12/h6-9,14H,4-5H2,1-3H3. The van der Waals surface area contributed by atoms with E-state index in [0.717, 1.165) is 16.9 Å². The molecule has 0 saturated heterocycles. The molecule has 0 fully saturated rings. The molecule has 0 aliphatic carbocycles. The minimum absolute atomic E-state index is 0.760. The second kappa shape index (κ2) is 5.40. The highest BCUT2D eigenvalue weighted by Gasteiger charge is 1.97. The van der Waals surface area contributed by atoms with Crippen LogP contribution in [-0.2, 0) is 0 Å². The van der Waals surface area contributed by atoms with Crippen LogP contribution in [0.1, 0.15) is 25.8 Å². The van der Waals surface area contributed by atoms with Gasteiger partial charge in [0.05, 0.1) is 0 Å². The molecule has 1 nitrogen and oxygen atoms in total. The summed E-state index contributed by atoms with van der Waals surface area (Å²) < 4.78 is 1.14. The Kier molecular flexibility index (Phi) is 4.46. The van der Waals surface area contributed by atoms with Gasteiger partial charge in [0.1, 0.15) is 0 Å². The highest BCUT2D eigenvalue weighted by molar-refractivity contribution is 9.10. The molecule has 0 radical (unpaired) electrons. The first kappa shape index (κ1) is 11.6. The maximum Gasteiger partial charge on any atom is 0.0354 e. The molecule has 1 aromatic rings. The van der Waals surface area contributed by atoms with E-state index in [4.69, 9.17) is 0 Å². The van der Waals surface area contributed by atoms with E-state index in [1.165, 1.54) is 17.7 Å². The van der Waals surface area contributed by atoms with Gasteiger partial charge in [-0.05, 0) is 43.0 Å². The summed E-state index contributed by atoms with van der Waals surface area (Å²) in [5, 5.41) is 3.43. The number of benzene rings is 1. The van der Waals surface area contributed by atoms with Gasteiger partial charge in [-0.2, -0.15) is 0 Å². The minimum atomic E-state index is 0.760. The molecular weight excluding hydrogens is 238 g/mol. The summed E-state index contributed by atoms with van der Waals surface area (Å²) in [6.45, 7) is 7.65. The fourth-order valence-corrected chi connectivity index (χ4v) is 1.95. The molecule has 1 aromatic carbocycles. The molecule has 0 bridgehead atoms. The van der Waals surface area contributed by atoms with E-state index >= 15 is 0 Å². The number of halogens is 1. The third kappa shape index (κ3) is 4.14. The smallest absolute Gasteiger partial charge is 0.0354 e. The SMILES string of the molecule is Cc1cc(Br)cc(NCCC(C)C)c1. The quantitative estimate of drug-likeness (QED) is 0.850. The molecule has 0 spiro atoms. The van der Waals surface area contributed by atoms with Gasteiger partial charge in [-0.1, -0.05) is 29.8 Å². The lowest BCUT2D eigenvalue weighted by Gasteiger charge is -2.09. The van der Waals surface area contributed by atoms with E-state index in [1.54, 1.807) is 0 Å². The summed E-state index contributed by atoms with van der Waals surface area (Å²) in [4.78, 5) is 0. The summed E-state index contributed by atoms with van der Waals surface area (Å²) in [5.74, 6) is 0.760. The number of nitrogens with one attached hydrogen (secondary N) is 1. The molecule has 0 amide bonds. The Hall–Kier alpha value is -0.500. The Morgan fingerprint density at radius 3 is 2.57 bits per heavy atom. The van der Waals surface area contributed by atoms with E-state index in [-0.39, 0.29) is 0 Å².